The molecule has 0 aromatic heterocycles. The molecule has 0 spiro atoms. The number of likely N-dealkylation sites (N-methyl/N-ethyl adjacent to an activating group) is 1. The van der Waals surface area contributed by atoms with E-state index < -0.39 is 0 Å². The summed E-state index contributed by atoms with van der Waals surface area (Å²) >= 11 is 1.32. The van der Waals surface area contributed by atoms with E-state index in [9.17, 15) is 9.59 Å². The Morgan fingerprint density at radius 2 is 1.71 bits per heavy atom. The van der Waals surface area contributed by atoms with Crippen LogP contribution in [0.3, 0.4) is 0 Å². The van der Waals surface area contributed by atoms with Gasteiger partial charge in [-0.25, -0.2) is 0 Å². The highest BCUT2D eigenvalue weighted by Crippen LogP contribution is 2.26. The molecule has 2 amide bonds. The van der Waals surface area contributed by atoms with E-state index in [1.165, 1.54) is 22.9 Å². The number of amides is 2. The third-order valence-electron chi connectivity index (χ3n) is 4.22. The van der Waals surface area contributed by atoms with Crippen molar-refractivity contribution in [2.75, 3.05) is 24.7 Å². The monoisotopic (exact) mass is 399 g/mol. The van der Waals surface area contributed by atoms with Crippen LogP contribution in [-0.4, -0.2) is 36.1 Å². The minimum Gasteiger partial charge on any atom is -0.369 e. The number of benzene rings is 2. The molecule has 3 N–H and O–H groups in total. The molecule has 0 atom stereocenters. The molecule has 2 aromatic carbocycles. The molecule has 0 saturated carbocycles. The van der Waals surface area contributed by atoms with Crippen LogP contribution in [-0.2, 0) is 21.5 Å². The number of rotatable bonds is 8. The molecule has 0 radical (unpaired) electrons. The van der Waals surface area contributed by atoms with Gasteiger partial charge in [-0.3, -0.25) is 14.5 Å². The normalized spacial score (nSPS) is 11.5. The van der Waals surface area contributed by atoms with E-state index in [0.717, 1.165) is 4.90 Å². The first-order valence-electron chi connectivity index (χ1n) is 9.23. The lowest BCUT2D eigenvalue weighted by molar-refractivity contribution is -0.117. The number of hydrogen-bond donors (Lipinski definition) is 2. The third-order valence-corrected chi connectivity index (χ3v) is 5.31. The van der Waals surface area contributed by atoms with Gasteiger partial charge in [0.2, 0.25) is 11.8 Å². The summed E-state index contributed by atoms with van der Waals surface area (Å²) in [5.74, 6) is -0.304. The van der Waals surface area contributed by atoms with Crippen LogP contribution in [0.15, 0.2) is 53.4 Å². The lowest BCUT2D eigenvalue weighted by Crippen LogP contribution is -2.30. The SMILES string of the molecule is CN(CC(=O)Nc1ccccc1SCC(N)=O)Cc1ccc(C(C)(C)C)cc1. The second kappa shape index (κ2) is 9.75. The number of primary amides is 1. The largest absolute Gasteiger partial charge is 0.369 e. The molecule has 0 bridgehead atoms. The Balaban J connectivity index is 1.92. The predicted octanol–water partition coefficient (Wildman–Crippen LogP) is 3.63. The van der Waals surface area contributed by atoms with E-state index in [-0.39, 0.29) is 29.5 Å². The number of carbonyl (C=O) groups is 2. The molecule has 0 unspecified atom stereocenters. The Morgan fingerprint density at radius 1 is 1.07 bits per heavy atom. The van der Waals surface area contributed by atoms with Gasteiger partial charge in [-0.2, -0.15) is 0 Å². The maximum Gasteiger partial charge on any atom is 0.238 e. The number of nitrogens with two attached hydrogens (primary N) is 1. The van der Waals surface area contributed by atoms with Crippen LogP contribution in [0.25, 0.3) is 0 Å². The molecule has 0 aliphatic heterocycles. The molecule has 150 valence electrons. The van der Waals surface area contributed by atoms with Gasteiger partial charge in [-0.05, 0) is 35.7 Å². The van der Waals surface area contributed by atoms with Crippen molar-refractivity contribution in [3.8, 4) is 0 Å². The summed E-state index contributed by atoms with van der Waals surface area (Å²) in [7, 11) is 1.92. The summed E-state index contributed by atoms with van der Waals surface area (Å²) in [6, 6.07) is 15.9. The third kappa shape index (κ3) is 7.02. The first-order valence-corrected chi connectivity index (χ1v) is 10.2. The minimum atomic E-state index is -0.386. The van der Waals surface area contributed by atoms with Gasteiger partial charge >= 0.3 is 0 Å². The maximum absolute atomic E-state index is 12.4. The van der Waals surface area contributed by atoms with Crippen LogP contribution in [0.2, 0.25) is 0 Å². The van der Waals surface area contributed by atoms with Gasteiger partial charge in [0.1, 0.15) is 0 Å². The second-order valence-corrected chi connectivity index (χ2v) is 8.94. The van der Waals surface area contributed by atoms with E-state index >= 15 is 0 Å². The number of nitrogens with one attached hydrogen (secondary N) is 1. The fraction of sp³-hybridized carbons (Fsp3) is 0.364. The van der Waals surface area contributed by atoms with Crippen molar-refractivity contribution in [3.05, 3.63) is 59.7 Å². The van der Waals surface area contributed by atoms with Crippen molar-refractivity contribution in [2.24, 2.45) is 5.73 Å². The fourth-order valence-corrected chi connectivity index (χ4v) is 3.50. The molecule has 6 heteroatoms. The summed E-state index contributed by atoms with van der Waals surface area (Å²) in [6.45, 7) is 7.54. The van der Waals surface area contributed by atoms with Crippen LogP contribution in [0.5, 0.6) is 0 Å². The number of anilines is 1. The van der Waals surface area contributed by atoms with Gasteiger partial charge in [-0.15, -0.1) is 11.8 Å². The fourth-order valence-electron chi connectivity index (χ4n) is 2.76. The smallest absolute Gasteiger partial charge is 0.238 e. The summed E-state index contributed by atoms with van der Waals surface area (Å²) in [5, 5.41) is 2.93. The molecular weight excluding hydrogens is 370 g/mol. The average Bonchev–Trinajstić information content (AvgIpc) is 2.60. The highest BCUT2D eigenvalue weighted by molar-refractivity contribution is 8.00. The number of hydrogen-bond acceptors (Lipinski definition) is 4. The molecule has 5 nitrogen and oxygen atoms in total. The quantitative estimate of drug-likeness (QED) is 0.665. The summed E-state index contributed by atoms with van der Waals surface area (Å²) < 4.78 is 0. The van der Waals surface area contributed by atoms with Crippen LogP contribution < -0.4 is 11.1 Å². The van der Waals surface area contributed by atoms with Crippen LogP contribution in [0, 0.1) is 0 Å². The maximum atomic E-state index is 12.4. The van der Waals surface area contributed by atoms with Crippen LogP contribution in [0.4, 0.5) is 5.69 Å². The van der Waals surface area contributed by atoms with Gasteiger partial charge in [0.15, 0.2) is 0 Å². The Morgan fingerprint density at radius 3 is 2.32 bits per heavy atom. The van der Waals surface area contributed by atoms with Crippen molar-refractivity contribution >= 4 is 29.3 Å². The van der Waals surface area contributed by atoms with Gasteiger partial charge in [-0.1, -0.05) is 57.2 Å². The van der Waals surface area contributed by atoms with E-state index in [4.69, 9.17) is 5.73 Å². The topological polar surface area (TPSA) is 75.4 Å². The van der Waals surface area contributed by atoms with Gasteiger partial charge in [0.05, 0.1) is 18.0 Å². The van der Waals surface area contributed by atoms with Gasteiger partial charge < -0.3 is 11.1 Å². The van der Waals surface area contributed by atoms with Crippen molar-refractivity contribution in [1.82, 2.24) is 4.90 Å². The van der Waals surface area contributed by atoms with E-state index in [0.29, 0.717) is 12.2 Å². The van der Waals surface area contributed by atoms with Crippen LogP contribution in [0.1, 0.15) is 31.9 Å². The zero-order chi connectivity index (χ0) is 20.7. The highest BCUT2D eigenvalue weighted by atomic mass is 32.2. The van der Waals surface area contributed by atoms with E-state index in [2.05, 4.69) is 50.4 Å². The first kappa shape index (κ1) is 22.0. The van der Waals surface area contributed by atoms with Crippen molar-refractivity contribution in [2.45, 2.75) is 37.6 Å². The minimum absolute atomic E-state index is 0.0964. The average molecular weight is 400 g/mol. The second-order valence-electron chi connectivity index (χ2n) is 7.92. The van der Waals surface area contributed by atoms with Gasteiger partial charge in [0.25, 0.3) is 0 Å². The summed E-state index contributed by atoms with van der Waals surface area (Å²) in [6.07, 6.45) is 0. The standard InChI is InChI=1S/C22H29N3O2S/c1-22(2,3)17-11-9-16(10-12-17)13-25(4)14-21(27)24-18-7-5-6-8-19(18)28-15-20(23)26/h5-12H,13-15H2,1-4H3,(H2,23,26)(H,24,27). The highest BCUT2D eigenvalue weighted by Gasteiger charge is 2.14. The zero-order valence-corrected chi connectivity index (χ0v) is 17.8. The molecule has 28 heavy (non-hydrogen) atoms. The lowest BCUT2D eigenvalue weighted by Gasteiger charge is -2.20. The molecular formula is C22H29N3O2S. The number of thioether (sulfide) groups is 1. The Hall–Kier alpha value is -2.31. The Bertz CT molecular complexity index is 813. The molecule has 0 aliphatic carbocycles. The molecule has 0 fully saturated rings. The van der Waals surface area contributed by atoms with Crippen LogP contribution >= 0.6 is 11.8 Å². The van der Waals surface area contributed by atoms with E-state index in [1.54, 1.807) is 0 Å². The number of para-hydroxylation sites is 1. The number of carbonyl (C=O) groups excluding carboxylic acids is 2. The Kier molecular flexibility index (Phi) is 7.66. The lowest BCUT2D eigenvalue weighted by atomic mass is 9.87. The summed E-state index contributed by atoms with van der Waals surface area (Å²) in [4.78, 5) is 26.2. The molecule has 0 saturated heterocycles. The van der Waals surface area contributed by atoms with Gasteiger partial charge in [0, 0.05) is 11.4 Å². The predicted molar refractivity (Wildman–Crippen MR) is 116 cm³/mol. The molecule has 0 aliphatic rings. The number of nitrogens with zero attached hydrogens (tertiary/aromatic N) is 1. The molecule has 0 heterocycles. The van der Waals surface area contributed by atoms with Crippen molar-refractivity contribution in [1.29, 1.82) is 0 Å². The molecule has 2 aromatic rings. The first-order chi connectivity index (χ1) is 13.1. The van der Waals surface area contributed by atoms with E-state index in [1.807, 2.05) is 36.2 Å². The summed E-state index contributed by atoms with van der Waals surface area (Å²) in [5.41, 5.74) is 8.50. The Labute approximate surface area is 171 Å². The zero-order valence-electron chi connectivity index (χ0n) is 17.0. The molecule has 2 rings (SSSR count). The van der Waals surface area contributed by atoms with Crippen molar-refractivity contribution in [3.63, 3.8) is 0 Å². The van der Waals surface area contributed by atoms with Crippen molar-refractivity contribution < 1.29 is 9.59 Å².